The molecule has 7 nitrogen and oxygen atoms in total. The number of hydrogen-bond donors (Lipinski definition) is 0. The van der Waals surface area contributed by atoms with E-state index in [0.29, 0.717) is 33.5 Å². The van der Waals surface area contributed by atoms with Crippen LogP contribution in [-0.2, 0) is 4.79 Å². The van der Waals surface area contributed by atoms with Crippen LogP contribution in [0.1, 0.15) is 33.3 Å². The van der Waals surface area contributed by atoms with E-state index in [1.165, 1.54) is 21.2 Å². The maximum Gasteiger partial charge on any atom is 0.264 e. The van der Waals surface area contributed by atoms with Crippen LogP contribution in [0.4, 0.5) is 0 Å². The number of halogens is 1. The van der Waals surface area contributed by atoms with Gasteiger partial charge in [-0.15, -0.1) is 11.3 Å². The van der Waals surface area contributed by atoms with Crippen molar-refractivity contribution in [3.63, 3.8) is 0 Å². The van der Waals surface area contributed by atoms with E-state index in [1.807, 2.05) is 47.8 Å². The van der Waals surface area contributed by atoms with E-state index in [1.54, 1.807) is 19.2 Å². The van der Waals surface area contributed by atoms with E-state index >= 15 is 0 Å². The van der Waals surface area contributed by atoms with Crippen LogP contribution in [0.2, 0.25) is 5.02 Å². The van der Waals surface area contributed by atoms with Crippen molar-refractivity contribution in [2.75, 3.05) is 20.4 Å². The molecule has 1 aromatic heterocycles. The average Bonchev–Trinajstić information content (AvgIpc) is 3.58. The van der Waals surface area contributed by atoms with Gasteiger partial charge in [-0.05, 0) is 35.2 Å². The molecule has 2 aliphatic heterocycles. The minimum atomic E-state index is -0.358. The van der Waals surface area contributed by atoms with Gasteiger partial charge < -0.3 is 14.4 Å². The Bertz CT molecular complexity index is 1240. The van der Waals surface area contributed by atoms with Crippen LogP contribution < -0.4 is 9.47 Å². The zero-order valence-electron chi connectivity index (χ0n) is 17.7. The first kappa shape index (κ1) is 21.5. The smallest absolute Gasteiger partial charge is 0.264 e. The molecule has 0 saturated carbocycles. The zero-order chi connectivity index (χ0) is 22.9. The largest absolute Gasteiger partial charge is 0.454 e. The van der Waals surface area contributed by atoms with Gasteiger partial charge in [-0.25, -0.2) is 5.01 Å². The first-order chi connectivity index (χ1) is 16.0. The van der Waals surface area contributed by atoms with Crippen molar-refractivity contribution in [3.05, 3.63) is 81.0 Å². The van der Waals surface area contributed by atoms with Gasteiger partial charge in [0.05, 0.1) is 16.6 Å². The molecule has 0 bridgehead atoms. The first-order valence-corrected chi connectivity index (χ1v) is 11.6. The number of fused-ring (bicyclic) bond motifs is 1. The lowest BCUT2D eigenvalue weighted by Gasteiger charge is -2.25. The average molecular weight is 482 g/mol. The number of nitrogens with zero attached hydrogens (tertiary/aromatic N) is 3. The van der Waals surface area contributed by atoms with Gasteiger partial charge in [-0.3, -0.25) is 9.59 Å². The SMILES string of the molecule is CN(CC(=O)N1N=C(c2ccccc2Cl)C[C@H]1c1ccc2c(c1)OCO2)C(=O)c1cccs1. The second-order valence-corrected chi connectivity index (χ2v) is 9.09. The maximum absolute atomic E-state index is 13.3. The van der Waals surface area contributed by atoms with Crippen molar-refractivity contribution >= 4 is 40.5 Å². The van der Waals surface area contributed by atoms with Gasteiger partial charge >= 0.3 is 0 Å². The molecule has 1 atom stereocenters. The highest BCUT2D eigenvalue weighted by Gasteiger charge is 2.35. The van der Waals surface area contributed by atoms with Gasteiger partial charge in [0, 0.05) is 24.1 Å². The fraction of sp³-hybridized carbons (Fsp3) is 0.208. The zero-order valence-corrected chi connectivity index (χ0v) is 19.3. The summed E-state index contributed by atoms with van der Waals surface area (Å²) in [6.45, 7) is 0.0696. The van der Waals surface area contributed by atoms with Crippen molar-refractivity contribution in [2.24, 2.45) is 5.10 Å². The second-order valence-electron chi connectivity index (χ2n) is 7.74. The van der Waals surface area contributed by atoms with Crippen LogP contribution in [0, 0.1) is 0 Å². The monoisotopic (exact) mass is 481 g/mol. The van der Waals surface area contributed by atoms with Crippen molar-refractivity contribution < 1.29 is 19.1 Å². The number of carbonyl (C=O) groups excluding carboxylic acids is 2. The molecule has 0 spiro atoms. The topological polar surface area (TPSA) is 71.4 Å². The third-order valence-corrected chi connectivity index (χ3v) is 6.77. The van der Waals surface area contributed by atoms with Crippen molar-refractivity contribution in [1.29, 1.82) is 0 Å². The van der Waals surface area contributed by atoms with Crippen molar-refractivity contribution in [1.82, 2.24) is 9.91 Å². The van der Waals surface area contributed by atoms with E-state index in [4.69, 9.17) is 21.1 Å². The summed E-state index contributed by atoms with van der Waals surface area (Å²) in [5.74, 6) is 0.818. The van der Waals surface area contributed by atoms with Crippen LogP contribution in [0.15, 0.2) is 65.1 Å². The Morgan fingerprint density at radius 2 is 1.97 bits per heavy atom. The molecule has 2 amide bonds. The molecular weight excluding hydrogens is 462 g/mol. The number of benzene rings is 2. The Kier molecular flexibility index (Phi) is 5.78. The number of thiophene rings is 1. The van der Waals surface area contributed by atoms with E-state index in [-0.39, 0.29) is 31.2 Å². The van der Waals surface area contributed by atoms with Gasteiger partial charge in [0.1, 0.15) is 6.54 Å². The van der Waals surface area contributed by atoms with E-state index in [2.05, 4.69) is 5.10 Å². The van der Waals surface area contributed by atoms with Crippen LogP contribution in [-0.4, -0.2) is 47.8 Å². The molecule has 0 aliphatic carbocycles. The van der Waals surface area contributed by atoms with Gasteiger partial charge in [0.15, 0.2) is 11.5 Å². The predicted octanol–water partition coefficient (Wildman–Crippen LogP) is 4.58. The Morgan fingerprint density at radius 3 is 2.76 bits per heavy atom. The fourth-order valence-electron chi connectivity index (χ4n) is 3.91. The van der Waals surface area contributed by atoms with Crippen LogP contribution in [0.25, 0.3) is 0 Å². The lowest BCUT2D eigenvalue weighted by atomic mass is 9.98. The fourth-order valence-corrected chi connectivity index (χ4v) is 4.88. The summed E-state index contributed by atoms with van der Waals surface area (Å²) in [6.07, 6.45) is 0.484. The minimum absolute atomic E-state index is 0.100. The number of hydrazone groups is 1. The molecule has 33 heavy (non-hydrogen) atoms. The van der Waals surface area contributed by atoms with Gasteiger partial charge in [0.25, 0.3) is 11.8 Å². The quantitative estimate of drug-likeness (QED) is 0.534. The van der Waals surface area contributed by atoms with Gasteiger partial charge in [0.2, 0.25) is 6.79 Å². The third kappa shape index (κ3) is 4.19. The number of amides is 2. The summed E-state index contributed by atoms with van der Waals surface area (Å²) in [7, 11) is 1.62. The molecular formula is C24H20ClN3O4S. The second kappa shape index (κ2) is 8.88. The first-order valence-electron chi connectivity index (χ1n) is 10.3. The number of rotatable bonds is 5. The molecule has 5 rings (SSSR count). The Balaban J connectivity index is 1.44. The highest BCUT2D eigenvalue weighted by molar-refractivity contribution is 7.12. The molecule has 0 fully saturated rings. The van der Waals surface area contributed by atoms with E-state index in [0.717, 1.165) is 11.1 Å². The van der Waals surface area contributed by atoms with E-state index in [9.17, 15) is 9.59 Å². The molecule has 9 heteroatoms. The lowest BCUT2D eigenvalue weighted by molar-refractivity contribution is -0.133. The Hall–Kier alpha value is -3.36. The van der Waals surface area contributed by atoms with Crippen molar-refractivity contribution in [2.45, 2.75) is 12.5 Å². The highest BCUT2D eigenvalue weighted by Crippen LogP contribution is 2.39. The summed E-state index contributed by atoms with van der Waals surface area (Å²) in [5.41, 5.74) is 2.36. The maximum atomic E-state index is 13.3. The minimum Gasteiger partial charge on any atom is -0.454 e. The number of hydrogen-bond acceptors (Lipinski definition) is 6. The highest BCUT2D eigenvalue weighted by atomic mass is 35.5. The Morgan fingerprint density at radius 1 is 1.15 bits per heavy atom. The molecule has 2 aliphatic rings. The van der Waals surface area contributed by atoms with Gasteiger partial charge in [-0.2, -0.15) is 5.10 Å². The normalized spacial score (nSPS) is 16.6. The molecule has 0 unspecified atom stereocenters. The van der Waals surface area contributed by atoms with Crippen LogP contribution >= 0.6 is 22.9 Å². The van der Waals surface area contributed by atoms with E-state index < -0.39 is 0 Å². The van der Waals surface area contributed by atoms with Crippen LogP contribution in [0.5, 0.6) is 11.5 Å². The van der Waals surface area contributed by atoms with Crippen LogP contribution in [0.3, 0.4) is 0 Å². The summed E-state index contributed by atoms with van der Waals surface area (Å²) in [6, 6.07) is 16.2. The third-order valence-electron chi connectivity index (χ3n) is 5.58. The molecule has 0 N–H and O–H groups in total. The number of carbonyl (C=O) groups is 2. The molecule has 3 heterocycles. The Labute approximate surface area is 199 Å². The lowest BCUT2D eigenvalue weighted by Crippen LogP contribution is -2.39. The summed E-state index contributed by atoms with van der Waals surface area (Å²) < 4.78 is 10.9. The number of likely N-dealkylation sites (N-methyl/N-ethyl adjacent to an activating group) is 1. The summed E-state index contributed by atoms with van der Waals surface area (Å²) in [5, 5.41) is 8.51. The molecule has 2 aromatic carbocycles. The standard InChI is InChI=1S/C24H20ClN3O4S/c1-27(24(30)22-7-4-10-33-22)13-23(29)28-19(15-8-9-20-21(11-15)32-14-31-20)12-18(26-28)16-5-2-3-6-17(16)25/h2-11,19H,12-14H2,1H3/t19-/m0/s1. The molecule has 3 aromatic rings. The summed E-state index contributed by atoms with van der Waals surface area (Å²) in [4.78, 5) is 28.0. The summed E-state index contributed by atoms with van der Waals surface area (Å²) >= 11 is 7.76. The van der Waals surface area contributed by atoms with Gasteiger partial charge in [-0.1, -0.05) is 41.9 Å². The number of ether oxygens (including phenoxy) is 2. The molecule has 0 radical (unpaired) electrons. The predicted molar refractivity (Wildman–Crippen MR) is 126 cm³/mol. The molecule has 0 saturated heterocycles. The molecule has 168 valence electrons. The van der Waals surface area contributed by atoms with Crippen molar-refractivity contribution in [3.8, 4) is 11.5 Å².